The molecule has 0 saturated carbocycles. The molecule has 1 fully saturated rings. The van der Waals surface area contributed by atoms with Crippen LogP contribution in [0.2, 0.25) is 0 Å². The van der Waals surface area contributed by atoms with Crippen molar-refractivity contribution in [2.75, 3.05) is 13.2 Å². The van der Waals surface area contributed by atoms with E-state index in [9.17, 15) is 5.11 Å². The lowest BCUT2D eigenvalue weighted by molar-refractivity contribution is -0.314. The lowest BCUT2D eigenvalue weighted by Gasteiger charge is -2.44. The minimum absolute atomic E-state index is 0.0654. The molecule has 36 heavy (non-hydrogen) atoms. The summed E-state index contributed by atoms with van der Waals surface area (Å²) < 4.78 is 30.4. The van der Waals surface area contributed by atoms with Gasteiger partial charge in [-0.25, -0.2) is 0 Å². The lowest BCUT2D eigenvalue weighted by atomic mass is 9.98. The largest absolute Gasteiger partial charge is 0.374 e. The minimum Gasteiger partial charge on any atom is -0.374 e. The van der Waals surface area contributed by atoms with Crippen LogP contribution < -0.4 is 0 Å². The van der Waals surface area contributed by atoms with Gasteiger partial charge in [-0.1, -0.05) is 96.9 Å². The fourth-order valence-electron chi connectivity index (χ4n) is 4.14. The Balaban J connectivity index is 1.50. The average Bonchev–Trinajstić information content (AvgIpc) is 2.92. The molecule has 6 nitrogen and oxygen atoms in total. The summed E-state index contributed by atoms with van der Waals surface area (Å²) in [6.07, 6.45) is 1.63. The Kier molecular flexibility index (Phi) is 10.1. The first-order valence-corrected chi connectivity index (χ1v) is 12.1. The van der Waals surface area contributed by atoms with Gasteiger partial charge in [-0.15, -0.1) is 6.42 Å². The molecule has 188 valence electrons. The van der Waals surface area contributed by atoms with Gasteiger partial charge in [0.1, 0.15) is 31.0 Å². The van der Waals surface area contributed by atoms with E-state index in [2.05, 4.69) is 5.92 Å². The standard InChI is InChI=1S/C30H32O6/c1-2-18-33-27-26(22-32-19-23-12-6-3-7-13-23)36-30(31)29(35-21-25-16-10-5-11-17-25)28(27)34-20-24-14-8-4-9-15-24/h1,3-17,26-31H,18-22H2/t26-,27-,28+,29-,30+/m1/s1. The van der Waals surface area contributed by atoms with Gasteiger partial charge in [-0.2, -0.15) is 0 Å². The molecule has 0 spiro atoms. The van der Waals surface area contributed by atoms with Gasteiger partial charge in [0, 0.05) is 0 Å². The van der Waals surface area contributed by atoms with Crippen LogP contribution in [0.4, 0.5) is 0 Å². The van der Waals surface area contributed by atoms with E-state index < -0.39 is 30.7 Å². The van der Waals surface area contributed by atoms with Crippen molar-refractivity contribution in [2.45, 2.75) is 50.5 Å². The Morgan fingerprint density at radius 3 is 1.69 bits per heavy atom. The summed E-state index contributed by atoms with van der Waals surface area (Å²) in [5.41, 5.74) is 3.00. The Hall–Kier alpha value is -3.02. The smallest absolute Gasteiger partial charge is 0.184 e. The van der Waals surface area contributed by atoms with Crippen molar-refractivity contribution in [1.29, 1.82) is 0 Å². The summed E-state index contributed by atoms with van der Waals surface area (Å²) in [6, 6.07) is 29.4. The molecular formula is C30H32O6. The highest BCUT2D eigenvalue weighted by molar-refractivity contribution is 5.15. The zero-order valence-electron chi connectivity index (χ0n) is 20.1. The number of aliphatic hydroxyl groups excluding tert-OH is 1. The Labute approximate surface area is 212 Å². The van der Waals surface area contributed by atoms with Gasteiger partial charge in [-0.05, 0) is 16.7 Å². The first-order valence-electron chi connectivity index (χ1n) is 12.1. The van der Waals surface area contributed by atoms with Crippen LogP contribution in [0.25, 0.3) is 0 Å². The minimum atomic E-state index is -1.23. The van der Waals surface area contributed by atoms with Crippen LogP contribution in [0.1, 0.15) is 16.7 Å². The maximum atomic E-state index is 11.0. The molecular weight excluding hydrogens is 456 g/mol. The molecule has 3 aromatic carbocycles. The maximum absolute atomic E-state index is 11.0. The zero-order chi connectivity index (χ0) is 25.0. The van der Waals surface area contributed by atoms with Crippen molar-refractivity contribution >= 4 is 0 Å². The number of rotatable bonds is 12. The Morgan fingerprint density at radius 1 is 0.667 bits per heavy atom. The number of ether oxygens (including phenoxy) is 5. The van der Waals surface area contributed by atoms with Crippen LogP contribution in [0.3, 0.4) is 0 Å². The second-order valence-electron chi connectivity index (χ2n) is 8.57. The van der Waals surface area contributed by atoms with E-state index >= 15 is 0 Å². The van der Waals surface area contributed by atoms with Crippen LogP contribution in [0.15, 0.2) is 91.0 Å². The molecule has 0 amide bonds. The van der Waals surface area contributed by atoms with Crippen LogP contribution in [-0.2, 0) is 43.5 Å². The molecule has 1 N–H and O–H groups in total. The van der Waals surface area contributed by atoms with Gasteiger partial charge in [0.05, 0.1) is 26.4 Å². The van der Waals surface area contributed by atoms with Crippen molar-refractivity contribution in [2.24, 2.45) is 0 Å². The molecule has 0 unspecified atom stereocenters. The van der Waals surface area contributed by atoms with Crippen molar-refractivity contribution in [3.8, 4) is 12.3 Å². The van der Waals surface area contributed by atoms with E-state index in [0.29, 0.717) is 13.2 Å². The third kappa shape index (κ3) is 7.49. The second kappa shape index (κ2) is 13.9. The number of benzene rings is 3. The van der Waals surface area contributed by atoms with Gasteiger partial charge >= 0.3 is 0 Å². The zero-order valence-corrected chi connectivity index (χ0v) is 20.1. The highest BCUT2D eigenvalue weighted by Crippen LogP contribution is 2.29. The Bertz CT molecular complexity index is 1050. The highest BCUT2D eigenvalue weighted by atomic mass is 16.7. The fraction of sp³-hybridized carbons (Fsp3) is 0.333. The first kappa shape index (κ1) is 26.1. The number of hydrogen-bond donors (Lipinski definition) is 1. The van der Waals surface area contributed by atoms with Crippen LogP contribution in [0.5, 0.6) is 0 Å². The van der Waals surface area contributed by atoms with Crippen molar-refractivity contribution in [1.82, 2.24) is 0 Å². The van der Waals surface area contributed by atoms with Crippen molar-refractivity contribution < 1.29 is 28.8 Å². The second-order valence-corrected chi connectivity index (χ2v) is 8.57. The molecule has 0 aliphatic carbocycles. The molecule has 0 aromatic heterocycles. The van der Waals surface area contributed by atoms with Crippen LogP contribution in [0, 0.1) is 12.3 Å². The number of aliphatic hydroxyl groups is 1. The maximum Gasteiger partial charge on any atom is 0.184 e. The van der Waals surface area contributed by atoms with Gasteiger partial charge in [0.2, 0.25) is 0 Å². The molecule has 1 heterocycles. The highest BCUT2D eigenvalue weighted by Gasteiger charge is 2.47. The van der Waals surface area contributed by atoms with Gasteiger partial charge < -0.3 is 28.8 Å². The van der Waals surface area contributed by atoms with Gasteiger partial charge in [-0.3, -0.25) is 0 Å². The van der Waals surface area contributed by atoms with Crippen molar-refractivity contribution in [3.05, 3.63) is 108 Å². The average molecular weight is 489 g/mol. The summed E-state index contributed by atoms with van der Waals surface area (Å²) >= 11 is 0. The van der Waals surface area contributed by atoms with Crippen LogP contribution in [-0.4, -0.2) is 49.0 Å². The van der Waals surface area contributed by atoms with E-state index in [-0.39, 0.29) is 19.8 Å². The normalized spacial score (nSPS) is 23.7. The van der Waals surface area contributed by atoms with E-state index in [4.69, 9.17) is 30.1 Å². The Morgan fingerprint density at radius 2 is 1.17 bits per heavy atom. The molecule has 1 aliphatic heterocycles. The van der Waals surface area contributed by atoms with E-state index in [0.717, 1.165) is 16.7 Å². The topological polar surface area (TPSA) is 66.4 Å². The summed E-state index contributed by atoms with van der Waals surface area (Å²) in [5.74, 6) is 2.52. The van der Waals surface area contributed by atoms with E-state index in [1.54, 1.807) is 0 Å². The summed E-state index contributed by atoms with van der Waals surface area (Å²) in [5, 5.41) is 11.0. The fourth-order valence-corrected chi connectivity index (χ4v) is 4.14. The molecule has 0 bridgehead atoms. The third-order valence-corrected chi connectivity index (χ3v) is 5.93. The quantitative estimate of drug-likeness (QED) is 0.387. The van der Waals surface area contributed by atoms with E-state index in [1.807, 2.05) is 91.0 Å². The molecule has 1 aliphatic rings. The lowest BCUT2D eigenvalue weighted by Crippen LogP contribution is -2.61. The summed E-state index contributed by atoms with van der Waals surface area (Å²) in [6.45, 7) is 1.26. The van der Waals surface area contributed by atoms with Gasteiger partial charge in [0.15, 0.2) is 6.29 Å². The number of terminal acetylenes is 1. The molecule has 0 radical (unpaired) electrons. The predicted octanol–water partition coefficient (Wildman–Crippen LogP) is 4.11. The van der Waals surface area contributed by atoms with E-state index in [1.165, 1.54) is 0 Å². The monoisotopic (exact) mass is 488 g/mol. The van der Waals surface area contributed by atoms with Gasteiger partial charge in [0.25, 0.3) is 0 Å². The molecule has 5 atom stereocenters. The molecule has 6 heteroatoms. The summed E-state index contributed by atoms with van der Waals surface area (Å²) in [4.78, 5) is 0. The first-order chi connectivity index (χ1) is 17.7. The molecule has 4 rings (SSSR count). The predicted molar refractivity (Wildman–Crippen MR) is 136 cm³/mol. The summed E-state index contributed by atoms with van der Waals surface area (Å²) in [7, 11) is 0. The third-order valence-electron chi connectivity index (χ3n) is 5.93. The molecule has 1 saturated heterocycles. The molecule has 3 aromatic rings. The van der Waals surface area contributed by atoms with Crippen molar-refractivity contribution in [3.63, 3.8) is 0 Å². The SMILES string of the molecule is C#CCO[C@H]1[C@H](OCc2ccccc2)[C@@H](OCc2ccccc2)[C@@H](O)O[C@@H]1COCc1ccccc1. The number of hydrogen-bond acceptors (Lipinski definition) is 6. The van der Waals surface area contributed by atoms with Crippen LogP contribution >= 0.6 is 0 Å².